The number of carbonyl (C=O) groups is 1. The van der Waals surface area contributed by atoms with Gasteiger partial charge in [-0.25, -0.2) is 0 Å². The number of nitrogens with one attached hydrogen (secondary N) is 1. The number of aromatic amines is 1. The van der Waals surface area contributed by atoms with E-state index in [1.807, 2.05) is 4.90 Å². The maximum atomic E-state index is 12.3. The van der Waals surface area contributed by atoms with Crippen LogP contribution in [0, 0.1) is 11.3 Å². The van der Waals surface area contributed by atoms with Crippen molar-refractivity contribution in [3.8, 4) is 6.07 Å². The summed E-state index contributed by atoms with van der Waals surface area (Å²) < 4.78 is 0. The highest BCUT2D eigenvalue weighted by atomic mass is 16.2. The first-order valence-electron chi connectivity index (χ1n) is 8.05. The normalized spacial score (nSPS) is 22.5. The van der Waals surface area contributed by atoms with E-state index in [9.17, 15) is 10.1 Å². The van der Waals surface area contributed by atoms with Gasteiger partial charge in [-0.3, -0.25) is 9.69 Å². The lowest BCUT2D eigenvalue weighted by Crippen LogP contribution is -2.54. The number of aryl methyl sites for hydroxylation is 1. The molecule has 0 radical (unpaired) electrons. The Hall–Kier alpha value is -1.94. The predicted octanol–water partition coefficient (Wildman–Crippen LogP) is 0.716. The largest absolute Gasteiger partial charge is 0.339 e. The van der Waals surface area contributed by atoms with Crippen molar-refractivity contribution in [1.82, 2.24) is 25.2 Å². The minimum Gasteiger partial charge on any atom is -0.339 e. The first-order valence-corrected chi connectivity index (χ1v) is 8.05. The molecule has 1 saturated carbocycles. The first-order chi connectivity index (χ1) is 10.8. The molecule has 2 fully saturated rings. The second-order valence-corrected chi connectivity index (χ2v) is 6.12. The maximum Gasteiger partial charge on any atom is 0.222 e. The third-order valence-corrected chi connectivity index (χ3v) is 4.48. The number of carbonyl (C=O) groups excluding carboxylic acids is 1. The van der Waals surface area contributed by atoms with Crippen LogP contribution in [0.3, 0.4) is 0 Å². The molecule has 1 aliphatic carbocycles. The molecule has 7 nitrogen and oxygen atoms in total. The second kappa shape index (κ2) is 6.88. The Kier molecular flexibility index (Phi) is 4.68. The van der Waals surface area contributed by atoms with Crippen LogP contribution in [0.2, 0.25) is 0 Å². The molecule has 2 heterocycles. The topological polar surface area (TPSA) is 88.9 Å². The number of H-pyrrole nitrogens is 1. The van der Waals surface area contributed by atoms with Gasteiger partial charge in [0, 0.05) is 32.1 Å². The van der Waals surface area contributed by atoms with Crippen molar-refractivity contribution in [3.63, 3.8) is 0 Å². The number of nitriles is 1. The summed E-state index contributed by atoms with van der Waals surface area (Å²) >= 11 is 0. The molecule has 3 rings (SSSR count). The fourth-order valence-corrected chi connectivity index (χ4v) is 3.07. The number of hydrogen-bond acceptors (Lipinski definition) is 5. The Balaban J connectivity index is 1.39. The summed E-state index contributed by atoms with van der Waals surface area (Å²) in [7, 11) is 0. The molecule has 1 aromatic rings. The lowest BCUT2D eigenvalue weighted by atomic mass is 10.1. The number of amides is 1. The molecular formula is C15H22N6O. The summed E-state index contributed by atoms with van der Waals surface area (Å²) in [6.45, 7) is 2.17. The minimum absolute atomic E-state index is 0.125. The van der Waals surface area contributed by atoms with Crippen LogP contribution in [0.1, 0.15) is 37.8 Å². The first kappa shape index (κ1) is 15.0. The molecule has 0 bridgehead atoms. The van der Waals surface area contributed by atoms with Crippen LogP contribution in [0.25, 0.3) is 0 Å². The second-order valence-electron chi connectivity index (χ2n) is 6.12. The molecule has 22 heavy (non-hydrogen) atoms. The molecule has 1 aliphatic heterocycles. The molecule has 1 atom stereocenters. The van der Waals surface area contributed by atoms with Crippen molar-refractivity contribution in [2.45, 2.75) is 50.6 Å². The maximum absolute atomic E-state index is 12.3. The molecule has 2 aliphatic rings. The van der Waals surface area contributed by atoms with E-state index >= 15 is 0 Å². The van der Waals surface area contributed by atoms with Crippen LogP contribution in [-0.2, 0) is 11.2 Å². The Morgan fingerprint density at radius 2 is 2.27 bits per heavy atom. The quantitative estimate of drug-likeness (QED) is 0.782. The van der Waals surface area contributed by atoms with Crippen LogP contribution < -0.4 is 0 Å². The molecule has 1 unspecified atom stereocenters. The molecule has 118 valence electrons. The van der Waals surface area contributed by atoms with E-state index in [1.165, 1.54) is 12.8 Å². The van der Waals surface area contributed by atoms with Crippen LogP contribution in [0.4, 0.5) is 0 Å². The third kappa shape index (κ3) is 3.63. The van der Waals surface area contributed by atoms with E-state index in [4.69, 9.17) is 0 Å². The molecule has 1 amide bonds. The number of rotatable bonds is 6. The van der Waals surface area contributed by atoms with Crippen molar-refractivity contribution in [1.29, 1.82) is 5.26 Å². The van der Waals surface area contributed by atoms with E-state index in [0.717, 1.165) is 38.0 Å². The van der Waals surface area contributed by atoms with Crippen LogP contribution in [0.5, 0.6) is 0 Å². The zero-order valence-corrected chi connectivity index (χ0v) is 12.7. The van der Waals surface area contributed by atoms with Gasteiger partial charge >= 0.3 is 0 Å². The highest BCUT2D eigenvalue weighted by Crippen LogP contribution is 2.30. The monoisotopic (exact) mass is 302 g/mol. The van der Waals surface area contributed by atoms with Crippen molar-refractivity contribution in [2.75, 3.05) is 19.6 Å². The predicted molar refractivity (Wildman–Crippen MR) is 79.6 cm³/mol. The lowest BCUT2D eigenvalue weighted by molar-refractivity contribution is -0.133. The zero-order chi connectivity index (χ0) is 15.4. The van der Waals surface area contributed by atoms with Gasteiger partial charge in [-0.1, -0.05) is 0 Å². The fourth-order valence-electron chi connectivity index (χ4n) is 3.07. The molecule has 1 saturated heterocycles. The Bertz CT molecular complexity index is 533. The smallest absolute Gasteiger partial charge is 0.222 e. The number of aromatic nitrogens is 3. The van der Waals surface area contributed by atoms with Gasteiger partial charge in [0.2, 0.25) is 5.91 Å². The number of unbranched alkanes of at least 4 members (excludes halogenated alkanes) is 1. The van der Waals surface area contributed by atoms with E-state index in [0.29, 0.717) is 19.0 Å². The van der Waals surface area contributed by atoms with Gasteiger partial charge in [0.05, 0.1) is 18.0 Å². The number of hydrogen-bond donors (Lipinski definition) is 1. The third-order valence-electron chi connectivity index (χ3n) is 4.48. The average molecular weight is 302 g/mol. The van der Waals surface area contributed by atoms with Gasteiger partial charge in [-0.15, -0.1) is 0 Å². The summed E-state index contributed by atoms with van der Waals surface area (Å²) in [6.07, 6.45) is 7.31. The van der Waals surface area contributed by atoms with Crippen LogP contribution in [0.15, 0.2) is 6.20 Å². The Morgan fingerprint density at radius 1 is 1.41 bits per heavy atom. The average Bonchev–Trinajstić information content (AvgIpc) is 3.27. The van der Waals surface area contributed by atoms with E-state index < -0.39 is 0 Å². The molecule has 1 aromatic heterocycles. The van der Waals surface area contributed by atoms with Gasteiger partial charge < -0.3 is 4.90 Å². The SMILES string of the molecule is N#CC1CN(C(=O)CCCCc2cn[nH]n2)CCN1C1CC1. The van der Waals surface area contributed by atoms with Crippen molar-refractivity contribution in [3.05, 3.63) is 11.9 Å². The molecule has 7 heteroatoms. The van der Waals surface area contributed by atoms with Gasteiger partial charge in [0.25, 0.3) is 0 Å². The van der Waals surface area contributed by atoms with Crippen LogP contribution >= 0.6 is 0 Å². The van der Waals surface area contributed by atoms with Gasteiger partial charge in [-0.2, -0.15) is 20.7 Å². The van der Waals surface area contributed by atoms with Crippen molar-refractivity contribution in [2.24, 2.45) is 0 Å². The van der Waals surface area contributed by atoms with E-state index in [1.54, 1.807) is 6.20 Å². The number of piperazine rings is 1. The standard InChI is InChI=1S/C15H22N6O/c16-9-14-11-20(7-8-21(14)13-5-6-13)15(22)4-2-1-3-12-10-17-19-18-12/h10,13-14H,1-8,11H2,(H,17,18,19). The summed E-state index contributed by atoms with van der Waals surface area (Å²) in [5.74, 6) is 0.177. The minimum atomic E-state index is -0.125. The summed E-state index contributed by atoms with van der Waals surface area (Å²) in [5, 5.41) is 19.7. The Morgan fingerprint density at radius 3 is 2.95 bits per heavy atom. The summed E-state index contributed by atoms with van der Waals surface area (Å²) in [5.41, 5.74) is 0.940. The van der Waals surface area contributed by atoms with Gasteiger partial charge in [0.1, 0.15) is 6.04 Å². The van der Waals surface area contributed by atoms with Gasteiger partial charge in [-0.05, 0) is 32.1 Å². The van der Waals surface area contributed by atoms with E-state index in [-0.39, 0.29) is 11.9 Å². The highest BCUT2D eigenvalue weighted by Gasteiger charge is 2.38. The molecule has 1 N–H and O–H groups in total. The molecular weight excluding hydrogens is 280 g/mol. The van der Waals surface area contributed by atoms with E-state index in [2.05, 4.69) is 26.4 Å². The molecule has 0 spiro atoms. The zero-order valence-electron chi connectivity index (χ0n) is 12.7. The Labute approximate surface area is 130 Å². The molecule has 0 aromatic carbocycles. The summed E-state index contributed by atoms with van der Waals surface area (Å²) in [4.78, 5) is 16.4. The van der Waals surface area contributed by atoms with Crippen molar-refractivity contribution >= 4 is 5.91 Å². The van der Waals surface area contributed by atoms with Crippen molar-refractivity contribution < 1.29 is 4.79 Å². The summed E-state index contributed by atoms with van der Waals surface area (Å²) in [6, 6.07) is 2.82. The number of nitrogens with zero attached hydrogens (tertiary/aromatic N) is 5. The lowest BCUT2D eigenvalue weighted by Gasteiger charge is -2.38. The highest BCUT2D eigenvalue weighted by molar-refractivity contribution is 5.76. The van der Waals surface area contributed by atoms with Gasteiger partial charge in [0.15, 0.2) is 0 Å². The van der Waals surface area contributed by atoms with Crippen LogP contribution in [-0.4, -0.2) is 62.8 Å². The fraction of sp³-hybridized carbons (Fsp3) is 0.733.